The average molecular weight is 648 g/mol. The Morgan fingerprint density at radius 3 is 2.04 bits per heavy atom. The number of aromatic nitrogens is 8. The van der Waals surface area contributed by atoms with E-state index in [2.05, 4.69) is 49.3 Å². The fourth-order valence-corrected chi connectivity index (χ4v) is 3.11. The van der Waals surface area contributed by atoms with Gasteiger partial charge in [0.1, 0.15) is 17.4 Å². The van der Waals surface area contributed by atoms with Crippen LogP contribution in [0.4, 0.5) is 5.82 Å². The average Bonchev–Trinajstić information content (AvgIpc) is 3.83. The number of halogens is 1. The molecule has 0 aliphatic rings. The smallest absolute Gasteiger partial charge is 0.374 e. The lowest BCUT2D eigenvalue weighted by atomic mass is 10.3. The van der Waals surface area contributed by atoms with Crippen LogP contribution in [0.1, 0.15) is 27.4 Å². The number of esters is 4. The maximum atomic E-state index is 11.4. The third-order valence-electron chi connectivity index (χ3n) is 4.95. The number of anilines is 1. The zero-order chi connectivity index (χ0) is 33.5. The van der Waals surface area contributed by atoms with Crippen molar-refractivity contribution < 1.29 is 42.9 Å². The quantitative estimate of drug-likeness (QED) is 0.0759. The number of nitrogens with zero attached hydrogens (tertiary/aromatic N) is 6. The van der Waals surface area contributed by atoms with E-state index in [1.807, 2.05) is 0 Å². The summed E-state index contributed by atoms with van der Waals surface area (Å²) in [6.45, 7) is 0. The molecule has 238 valence electrons. The molecule has 0 bridgehead atoms. The van der Waals surface area contributed by atoms with Gasteiger partial charge in [0.25, 0.3) is 11.3 Å². The van der Waals surface area contributed by atoms with Crippen LogP contribution in [0.3, 0.4) is 0 Å². The number of nitrogen functional groups attached to an aromatic ring is 1. The second kappa shape index (κ2) is 17.1. The molecule has 5 rings (SSSR count). The summed E-state index contributed by atoms with van der Waals surface area (Å²) < 4.78 is 19.8. The highest BCUT2D eigenvalue weighted by Gasteiger charge is 2.18. The van der Waals surface area contributed by atoms with Gasteiger partial charge in [0.2, 0.25) is 0 Å². The zero-order valence-corrected chi connectivity index (χ0v) is 24.8. The summed E-state index contributed by atoms with van der Waals surface area (Å²) in [6.07, 6.45) is 4.15. The highest BCUT2D eigenvalue weighted by molar-refractivity contribution is 6.36. The number of nitrogens with one attached hydrogen (secondary N) is 2. The Bertz CT molecular complexity index is 1830. The molecule has 4 N–H and O–H groups in total. The summed E-state index contributed by atoms with van der Waals surface area (Å²) in [7, 11) is 4.73. The maximum absolute atomic E-state index is 11.4. The van der Waals surface area contributed by atoms with E-state index in [1.54, 1.807) is 36.8 Å². The lowest BCUT2D eigenvalue weighted by Crippen LogP contribution is -2.19. The summed E-state index contributed by atoms with van der Waals surface area (Å²) >= 11 is 5.86. The summed E-state index contributed by atoms with van der Waals surface area (Å²) in [5.41, 5.74) is 5.89. The number of hydrogen-bond donors (Lipinski definition) is 3. The van der Waals surface area contributed by atoms with Crippen LogP contribution < -0.4 is 11.3 Å². The third kappa shape index (κ3) is 10.3. The van der Waals surface area contributed by atoms with E-state index in [9.17, 15) is 28.8 Å². The molecule has 0 aliphatic heterocycles. The number of fused-ring (bicyclic) bond motifs is 2. The first-order valence-electron chi connectivity index (χ1n) is 12.1. The zero-order valence-electron chi connectivity index (χ0n) is 24.0. The molecular formula is C25H26ClN9O10. The molecule has 20 heteroatoms. The van der Waals surface area contributed by atoms with Gasteiger partial charge in [-0.25, -0.2) is 33.4 Å². The number of ketones is 1. The molecule has 0 aliphatic carbocycles. The van der Waals surface area contributed by atoms with E-state index < -0.39 is 36.1 Å². The Hall–Kier alpha value is -6.11. The van der Waals surface area contributed by atoms with Gasteiger partial charge in [0.15, 0.2) is 22.7 Å². The van der Waals surface area contributed by atoms with Crippen molar-refractivity contribution in [2.75, 3.05) is 34.2 Å². The molecule has 0 amide bonds. The standard InChI is InChI=1S/C8H6ClN3O2.C8H7N3O3.C6H8O5.C3H5N3/c1-14-8(13)5-4-6(9)12-7(11-5)2-3-10-12;1-14-8(13)5-4-7(12)11-6(10-5)2-3-9-11;1-10-5(8)3-4(7)6(9)11-2;4-3-1-2-5-6-3/h2-4H,1H3;2-4,9H,1H3;3H2,1-2H3;1-2H,(H3,4,5,6). The highest BCUT2D eigenvalue weighted by Crippen LogP contribution is 2.12. The van der Waals surface area contributed by atoms with Gasteiger partial charge in [-0.05, 0) is 6.07 Å². The van der Waals surface area contributed by atoms with Crippen molar-refractivity contribution in [3.8, 4) is 0 Å². The predicted molar refractivity (Wildman–Crippen MR) is 153 cm³/mol. The Morgan fingerprint density at radius 2 is 1.51 bits per heavy atom. The van der Waals surface area contributed by atoms with E-state index in [-0.39, 0.29) is 16.9 Å². The van der Waals surface area contributed by atoms with Gasteiger partial charge in [0, 0.05) is 30.5 Å². The second-order valence-electron chi connectivity index (χ2n) is 7.86. The fraction of sp³-hybridized carbons (Fsp3) is 0.200. The Balaban J connectivity index is 0.000000217. The molecule has 0 atom stereocenters. The van der Waals surface area contributed by atoms with Crippen molar-refractivity contribution in [1.82, 2.24) is 39.4 Å². The van der Waals surface area contributed by atoms with Crippen molar-refractivity contribution in [1.29, 1.82) is 0 Å². The molecule has 45 heavy (non-hydrogen) atoms. The van der Waals surface area contributed by atoms with Crippen LogP contribution in [0.5, 0.6) is 0 Å². The van der Waals surface area contributed by atoms with Crippen LogP contribution in [0.15, 0.2) is 53.7 Å². The minimum atomic E-state index is -1.03. The minimum absolute atomic E-state index is 0.0112. The van der Waals surface area contributed by atoms with Gasteiger partial charge in [-0.15, -0.1) is 0 Å². The molecule has 0 radical (unpaired) electrons. The number of rotatable bonds is 5. The van der Waals surface area contributed by atoms with Crippen molar-refractivity contribution >= 4 is 58.4 Å². The van der Waals surface area contributed by atoms with E-state index in [1.165, 1.54) is 29.3 Å². The Morgan fingerprint density at radius 1 is 0.867 bits per heavy atom. The van der Waals surface area contributed by atoms with Crippen LogP contribution in [-0.2, 0) is 33.3 Å². The van der Waals surface area contributed by atoms with E-state index in [4.69, 9.17) is 17.3 Å². The lowest BCUT2D eigenvalue weighted by Gasteiger charge is -2.00. The van der Waals surface area contributed by atoms with Gasteiger partial charge in [-0.1, -0.05) is 11.6 Å². The van der Waals surface area contributed by atoms with Crippen LogP contribution in [0, 0.1) is 0 Å². The van der Waals surface area contributed by atoms with Crippen LogP contribution in [0.2, 0.25) is 5.15 Å². The summed E-state index contributed by atoms with van der Waals surface area (Å²) in [6, 6.07) is 7.47. The third-order valence-corrected chi connectivity index (χ3v) is 5.22. The number of carbonyl (C=O) groups is 5. The second-order valence-corrected chi connectivity index (χ2v) is 8.25. The first-order chi connectivity index (χ1) is 21.4. The number of nitrogens with two attached hydrogens (primary N) is 1. The molecule has 19 nitrogen and oxygen atoms in total. The first-order valence-corrected chi connectivity index (χ1v) is 12.5. The normalized spacial score (nSPS) is 9.71. The fourth-order valence-electron chi connectivity index (χ4n) is 2.88. The van der Waals surface area contributed by atoms with Gasteiger partial charge in [0.05, 0.1) is 40.8 Å². The van der Waals surface area contributed by atoms with E-state index in [0.29, 0.717) is 22.3 Å². The molecule has 0 unspecified atom stereocenters. The topological polar surface area (TPSA) is 257 Å². The molecule has 0 saturated heterocycles. The number of aromatic amines is 2. The van der Waals surface area contributed by atoms with Crippen molar-refractivity contribution in [2.45, 2.75) is 6.42 Å². The molecule has 5 aromatic heterocycles. The number of Topliss-reactive ketones (excluding diaryl/α,β-unsaturated/α-hetero) is 1. The summed E-state index contributed by atoms with van der Waals surface area (Å²) in [5, 5.41) is 13.0. The van der Waals surface area contributed by atoms with E-state index in [0.717, 1.165) is 20.3 Å². The summed E-state index contributed by atoms with van der Waals surface area (Å²) in [5.74, 6) is -3.22. The van der Waals surface area contributed by atoms with Crippen LogP contribution in [0.25, 0.3) is 11.3 Å². The van der Waals surface area contributed by atoms with Crippen LogP contribution >= 0.6 is 11.6 Å². The van der Waals surface area contributed by atoms with Gasteiger partial charge >= 0.3 is 23.9 Å². The lowest BCUT2D eigenvalue weighted by molar-refractivity contribution is -0.155. The van der Waals surface area contributed by atoms with Crippen molar-refractivity contribution in [3.05, 3.63) is 75.8 Å². The molecule has 5 aromatic rings. The molecule has 5 heterocycles. The Kier molecular flexibility index (Phi) is 13.3. The number of carbonyl (C=O) groups excluding carboxylic acids is 5. The number of hydrogen-bond acceptors (Lipinski definition) is 15. The van der Waals surface area contributed by atoms with Crippen molar-refractivity contribution in [3.63, 3.8) is 0 Å². The molecule has 0 fully saturated rings. The molecular weight excluding hydrogens is 622 g/mol. The van der Waals surface area contributed by atoms with Crippen LogP contribution in [-0.4, -0.2) is 97.5 Å². The van der Waals surface area contributed by atoms with E-state index >= 15 is 0 Å². The number of methoxy groups -OCH3 is 4. The van der Waals surface area contributed by atoms with Crippen molar-refractivity contribution in [2.24, 2.45) is 0 Å². The molecule has 0 saturated carbocycles. The van der Waals surface area contributed by atoms with Gasteiger partial charge in [-0.2, -0.15) is 10.2 Å². The Labute approximate surface area is 257 Å². The summed E-state index contributed by atoms with van der Waals surface area (Å²) in [4.78, 5) is 72.9. The number of H-pyrrole nitrogens is 2. The first kappa shape index (κ1) is 35.1. The highest BCUT2D eigenvalue weighted by atomic mass is 35.5. The minimum Gasteiger partial charge on any atom is -0.469 e. The SMILES string of the molecule is COC(=O)CC(=O)C(=O)OC.COC(=O)c1cc(=O)n2[nH]ccc2n1.COC(=O)c1cc(Cl)n2nccc2n1.Nc1ccn[nH]1. The van der Waals surface area contributed by atoms with Gasteiger partial charge in [-0.3, -0.25) is 24.6 Å². The maximum Gasteiger partial charge on any atom is 0.374 e. The molecule has 0 aromatic carbocycles. The predicted octanol–water partition coefficient (Wildman–Crippen LogP) is 0.262. The monoisotopic (exact) mass is 647 g/mol. The molecule has 0 spiro atoms. The number of ether oxygens (including phenoxy) is 4. The van der Waals surface area contributed by atoms with Gasteiger partial charge < -0.3 is 24.7 Å². The largest absolute Gasteiger partial charge is 0.469 e.